The van der Waals surface area contributed by atoms with E-state index in [1.54, 1.807) is 6.07 Å². The van der Waals surface area contributed by atoms with Gasteiger partial charge in [-0.3, -0.25) is 0 Å². The first-order chi connectivity index (χ1) is 6.13. The van der Waals surface area contributed by atoms with Gasteiger partial charge in [0.05, 0.1) is 0 Å². The van der Waals surface area contributed by atoms with Crippen LogP contribution >= 0.6 is 17.0 Å². The molecule has 0 saturated carbocycles. The minimum Gasteiger partial charge on any atom is -0.504 e. The van der Waals surface area contributed by atoms with Gasteiger partial charge in [0, 0.05) is 6.04 Å². The SMILES string of the molecule is Br.CN[C@@H](C)Cc1ccc(O)c(O)c1. The van der Waals surface area contributed by atoms with Crippen LogP contribution in [-0.2, 0) is 6.42 Å². The van der Waals surface area contributed by atoms with E-state index in [-0.39, 0.29) is 28.5 Å². The number of rotatable bonds is 3. The van der Waals surface area contributed by atoms with Gasteiger partial charge in [0.1, 0.15) is 0 Å². The fraction of sp³-hybridized carbons (Fsp3) is 0.400. The van der Waals surface area contributed by atoms with Gasteiger partial charge in [-0.1, -0.05) is 6.07 Å². The smallest absolute Gasteiger partial charge is 0.157 e. The van der Waals surface area contributed by atoms with Crippen LogP contribution in [0.3, 0.4) is 0 Å². The Hall–Kier alpha value is -0.740. The lowest BCUT2D eigenvalue weighted by atomic mass is 10.1. The second-order valence-electron chi connectivity index (χ2n) is 3.22. The van der Waals surface area contributed by atoms with Crippen LogP contribution in [0, 0.1) is 0 Å². The first-order valence-corrected chi connectivity index (χ1v) is 4.31. The molecule has 0 unspecified atom stereocenters. The van der Waals surface area contributed by atoms with E-state index in [0.29, 0.717) is 6.04 Å². The van der Waals surface area contributed by atoms with Crippen LogP contribution in [0.15, 0.2) is 18.2 Å². The molecule has 0 heterocycles. The molecular formula is C10H16BrNO2. The highest BCUT2D eigenvalue weighted by Crippen LogP contribution is 2.25. The van der Waals surface area contributed by atoms with Crippen LogP contribution in [0.5, 0.6) is 11.5 Å². The lowest BCUT2D eigenvalue weighted by Gasteiger charge is -2.10. The number of phenolic OH excluding ortho intramolecular Hbond substituents is 2. The van der Waals surface area contributed by atoms with Crippen molar-refractivity contribution >= 4 is 17.0 Å². The summed E-state index contributed by atoms with van der Waals surface area (Å²) in [6, 6.07) is 5.27. The standard InChI is InChI=1S/C10H15NO2.BrH/c1-7(11-2)5-8-3-4-9(12)10(13)6-8;/h3-4,6-7,11-13H,5H2,1-2H3;1H/t7-;/m0./s1. The molecule has 1 rings (SSSR count). The summed E-state index contributed by atoms with van der Waals surface area (Å²) in [5.41, 5.74) is 1.01. The van der Waals surface area contributed by atoms with Gasteiger partial charge in [-0.25, -0.2) is 0 Å². The highest BCUT2D eigenvalue weighted by Gasteiger charge is 2.03. The molecule has 80 valence electrons. The van der Waals surface area contributed by atoms with E-state index in [4.69, 9.17) is 5.11 Å². The molecule has 0 bridgehead atoms. The van der Waals surface area contributed by atoms with Crippen molar-refractivity contribution in [3.8, 4) is 11.5 Å². The molecule has 1 aromatic carbocycles. The van der Waals surface area contributed by atoms with E-state index in [0.717, 1.165) is 12.0 Å². The van der Waals surface area contributed by atoms with E-state index in [2.05, 4.69) is 12.2 Å². The third-order valence-corrected chi connectivity index (χ3v) is 2.07. The highest BCUT2D eigenvalue weighted by atomic mass is 79.9. The van der Waals surface area contributed by atoms with Crippen LogP contribution < -0.4 is 5.32 Å². The molecule has 0 aromatic heterocycles. The first-order valence-electron chi connectivity index (χ1n) is 4.31. The minimum atomic E-state index is -0.0686. The van der Waals surface area contributed by atoms with Gasteiger partial charge in [0.25, 0.3) is 0 Å². The second kappa shape index (κ2) is 5.88. The lowest BCUT2D eigenvalue weighted by molar-refractivity contribution is 0.403. The first kappa shape index (κ1) is 13.3. The topological polar surface area (TPSA) is 52.5 Å². The number of benzene rings is 1. The predicted molar refractivity (Wildman–Crippen MR) is 62.3 cm³/mol. The maximum atomic E-state index is 9.22. The average Bonchev–Trinajstić information content (AvgIpc) is 2.11. The fourth-order valence-corrected chi connectivity index (χ4v) is 1.15. The van der Waals surface area contributed by atoms with Gasteiger partial charge in [-0.2, -0.15) is 0 Å². The van der Waals surface area contributed by atoms with E-state index < -0.39 is 0 Å². The summed E-state index contributed by atoms with van der Waals surface area (Å²) in [5.74, 6) is -0.123. The Morgan fingerprint density at radius 3 is 2.43 bits per heavy atom. The second-order valence-corrected chi connectivity index (χ2v) is 3.22. The summed E-state index contributed by atoms with van der Waals surface area (Å²) in [6.45, 7) is 2.06. The molecule has 3 nitrogen and oxygen atoms in total. The van der Waals surface area contributed by atoms with Gasteiger partial charge in [0.15, 0.2) is 11.5 Å². The van der Waals surface area contributed by atoms with Crippen LogP contribution in [0.4, 0.5) is 0 Å². The summed E-state index contributed by atoms with van der Waals surface area (Å²) in [6.07, 6.45) is 0.838. The van der Waals surface area contributed by atoms with Crippen LogP contribution in [0.25, 0.3) is 0 Å². The molecule has 0 saturated heterocycles. The predicted octanol–water partition coefficient (Wildman–Crippen LogP) is 1.83. The van der Waals surface area contributed by atoms with Crippen molar-refractivity contribution in [3.63, 3.8) is 0 Å². The molecule has 1 atom stereocenters. The van der Waals surface area contributed by atoms with Gasteiger partial charge in [-0.15, -0.1) is 17.0 Å². The quantitative estimate of drug-likeness (QED) is 0.728. The number of likely N-dealkylation sites (N-methyl/N-ethyl adjacent to an activating group) is 1. The molecule has 0 aliphatic heterocycles. The Labute approximate surface area is 94.5 Å². The number of halogens is 1. The summed E-state index contributed by atoms with van der Waals surface area (Å²) in [4.78, 5) is 0. The van der Waals surface area contributed by atoms with Crippen molar-refractivity contribution in [2.75, 3.05) is 7.05 Å². The molecule has 4 heteroatoms. The fourth-order valence-electron chi connectivity index (χ4n) is 1.15. The van der Waals surface area contributed by atoms with E-state index in [1.165, 1.54) is 6.07 Å². The van der Waals surface area contributed by atoms with Crippen molar-refractivity contribution in [2.45, 2.75) is 19.4 Å². The van der Waals surface area contributed by atoms with Crippen LogP contribution in [-0.4, -0.2) is 23.3 Å². The molecule has 14 heavy (non-hydrogen) atoms. The van der Waals surface area contributed by atoms with Gasteiger partial charge >= 0.3 is 0 Å². The number of hydrogen-bond acceptors (Lipinski definition) is 3. The molecule has 0 fully saturated rings. The molecule has 0 aliphatic carbocycles. The van der Waals surface area contributed by atoms with E-state index in [1.807, 2.05) is 13.1 Å². The van der Waals surface area contributed by atoms with Gasteiger partial charge in [0.2, 0.25) is 0 Å². The van der Waals surface area contributed by atoms with Crippen LogP contribution in [0.1, 0.15) is 12.5 Å². The highest BCUT2D eigenvalue weighted by molar-refractivity contribution is 8.93. The molecule has 3 N–H and O–H groups in total. The molecule has 0 radical (unpaired) electrons. The monoisotopic (exact) mass is 261 g/mol. The van der Waals surface area contributed by atoms with Gasteiger partial charge < -0.3 is 15.5 Å². The largest absolute Gasteiger partial charge is 0.504 e. The zero-order chi connectivity index (χ0) is 9.84. The summed E-state index contributed by atoms with van der Waals surface area (Å²) < 4.78 is 0. The van der Waals surface area contributed by atoms with Crippen molar-refractivity contribution in [3.05, 3.63) is 23.8 Å². The lowest BCUT2D eigenvalue weighted by Crippen LogP contribution is -2.23. The van der Waals surface area contributed by atoms with Crippen molar-refractivity contribution in [1.29, 1.82) is 0 Å². The third-order valence-electron chi connectivity index (χ3n) is 2.07. The molecule has 1 aromatic rings. The molecule has 0 amide bonds. The Morgan fingerprint density at radius 2 is 1.93 bits per heavy atom. The summed E-state index contributed by atoms with van der Waals surface area (Å²) in [7, 11) is 1.89. The summed E-state index contributed by atoms with van der Waals surface area (Å²) >= 11 is 0. The Bertz CT molecular complexity index is 291. The Morgan fingerprint density at radius 1 is 1.29 bits per heavy atom. The zero-order valence-electron chi connectivity index (χ0n) is 8.32. The van der Waals surface area contributed by atoms with Crippen molar-refractivity contribution < 1.29 is 10.2 Å². The average molecular weight is 262 g/mol. The Balaban J connectivity index is 0.00000169. The number of hydrogen-bond donors (Lipinski definition) is 3. The Kier molecular flexibility index (Phi) is 5.57. The third kappa shape index (κ3) is 3.55. The van der Waals surface area contributed by atoms with Crippen LogP contribution in [0.2, 0.25) is 0 Å². The summed E-state index contributed by atoms with van der Waals surface area (Å²) in [5, 5.41) is 21.4. The number of aromatic hydroxyl groups is 2. The van der Waals surface area contributed by atoms with Crippen molar-refractivity contribution in [2.24, 2.45) is 0 Å². The number of phenols is 2. The molecule has 0 spiro atoms. The molecular weight excluding hydrogens is 246 g/mol. The minimum absolute atomic E-state index is 0. The van der Waals surface area contributed by atoms with E-state index in [9.17, 15) is 5.11 Å². The maximum absolute atomic E-state index is 9.22. The zero-order valence-corrected chi connectivity index (χ0v) is 10.0. The van der Waals surface area contributed by atoms with E-state index >= 15 is 0 Å². The normalized spacial score (nSPS) is 11.9. The van der Waals surface area contributed by atoms with Crippen molar-refractivity contribution in [1.82, 2.24) is 5.32 Å². The van der Waals surface area contributed by atoms with Gasteiger partial charge in [-0.05, 0) is 38.1 Å². The maximum Gasteiger partial charge on any atom is 0.157 e. The molecule has 0 aliphatic rings. The number of nitrogens with one attached hydrogen (secondary N) is 1.